The summed E-state index contributed by atoms with van der Waals surface area (Å²) in [6.45, 7) is 5.54. The summed E-state index contributed by atoms with van der Waals surface area (Å²) in [5.74, 6) is 1.91. The van der Waals surface area contributed by atoms with Crippen LogP contribution >= 0.6 is 15.9 Å². The van der Waals surface area contributed by atoms with E-state index in [1.807, 2.05) is 6.20 Å². The molecule has 2 aliphatic heterocycles. The molecule has 2 unspecified atom stereocenters. The van der Waals surface area contributed by atoms with E-state index < -0.39 is 0 Å². The monoisotopic (exact) mass is 309 g/mol. The Labute approximate surface area is 117 Å². The van der Waals surface area contributed by atoms with E-state index in [1.165, 1.54) is 31.4 Å². The zero-order valence-electron chi connectivity index (χ0n) is 10.8. The SMILES string of the molecule is Cc1cnc(N2CCC3NCCCC3C2)c(Br)c1. The number of fused-ring (bicyclic) bond motifs is 1. The Morgan fingerprint density at radius 2 is 2.33 bits per heavy atom. The molecule has 2 aliphatic rings. The van der Waals surface area contributed by atoms with Crippen molar-refractivity contribution in [3.05, 3.63) is 22.3 Å². The summed E-state index contributed by atoms with van der Waals surface area (Å²) in [6, 6.07) is 2.90. The maximum Gasteiger partial charge on any atom is 0.142 e. The van der Waals surface area contributed by atoms with Gasteiger partial charge in [-0.2, -0.15) is 0 Å². The van der Waals surface area contributed by atoms with E-state index in [0.717, 1.165) is 35.3 Å². The first kappa shape index (κ1) is 12.4. The number of pyridine rings is 1. The standard InChI is InChI=1S/C14H20BrN3/c1-10-7-12(15)14(17-8-10)18-6-4-13-11(9-18)3-2-5-16-13/h7-8,11,13,16H,2-6,9H2,1H3. The van der Waals surface area contributed by atoms with Crippen molar-refractivity contribution >= 4 is 21.7 Å². The van der Waals surface area contributed by atoms with Crippen LogP contribution in [0.5, 0.6) is 0 Å². The molecule has 4 heteroatoms. The lowest BCUT2D eigenvalue weighted by Gasteiger charge is -2.42. The highest BCUT2D eigenvalue weighted by Gasteiger charge is 2.31. The van der Waals surface area contributed by atoms with E-state index >= 15 is 0 Å². The topological polar surface area (TPSA) is 28.2 Å². The average molecular weight is 310 g/mol. The van der Waals surface area contributed by atoms with Gasteiger partial charge in [-0.05, 0) is 66.2 Å². The Morgan fingerprint density at radius 3 is 3.17 bits per heavy atom. The summed E-state index contributed by atoms with van der Waals surface area (Å²) in [6.07, 6.45) is 5.88. The van der Waals surface area contributed by atoms with Crippen LogP contribution in [-0.4, -0.2) is 30.7 Å². The first-order chi connectivity index (χ1) is 8.74. The lowest BCUT2D eigenvalue weighted by Crippen LogP contribution is -2.52. The van der Waals surface area contributed by atoms with Crippen LogP contribution in [0.15, 0.2) is 16.7 Å². The van der Waals surface area contributed by atoms with Gasteiger partial charge in [0.15, 0.2) is 0 Å². The summed E-state index contributed by atoms with van der Waals surface area (Å²) in [7, 11) is 0. The van der Waals surface area contributed by atoms with E-state index in [0.29, 0.717) is 0 Å². The Hall–Kier alpha value is -0.610. The Bertz CT molecular complexity index is 435. The second-order valence-electron chi connectivity index (χ2n) is 5.52. The number of piperidine rings is 2. The molecule has 0 aliphatic carbocycles. The number of rotatable bonds is 1. The quantitative estimate of drug-likeness (QED) is 0.864. The Balaban J connectivity index is 1.77. The van der Waals surface area contributed by atoms with Crippen LogP contribution in [-0.2, 0) is 0 Å². The fourth-order valence-corrected chi connectivity index (χ4v) is 3.91. The van der Waals surface area contributed by atoms with Crippen LogP contribution in [0.1, 0.15) is 24.8 Å². The molecule has 0 aromatic carbocycles. The number of nitrogens with one attached hydrogen (secondary N) is 1. The van der Waals surface area contributed by atoms with Crippen molar-refractivity contribution in [3.8, 4) is 0 Å². The van der Waals surface area contributed by atoms with Crippen molar-refractivity contribution in [3.63, 3.8) is 0 Å². The molecule has 1 N–H and O–H groups in total. The van der Waals surface area contributed by atoms with Gasteiger partial charge in [0.1, 0.15) is 5.82 Å². The molecule has 0 spiro atoms. The van der Waals surface area contributed by atoms with Crippen molar-refractivity contribution in [1.29, 1.82) is 0 Å². The van der Waals surface area contributed by atoms with Gasteiger partial charge in [-0.25, -0.2) is 4.98 Å². The van der Waals surface area contributed by atoms with E-state index in [4.69, 9.17) is 0 Å². The average Bonchev–Trinajstić information content (AvgIpc) is 2.38. The molecule has 0 saturated carbocycles. The minimum atomic E-state index is 0.735. The molecule has 0 radical (unpaired) electrons. The van der Waals surface area contributed by atoms with Gasteiger partial charge in [-0.1, -0.05) is 0 Å². The van der Waals surface area contributed by atoms with Crippen LogP contribution in [0.25, 0.3) is 0 Å². The van der Waals surface area contributed by atoms with E-state index in [9.17, 15) is 0 Å². The number of anilines is 1. The highest BCUT2D eigenvalue weighted by Crippen LogP contribution is 2.31. The maximum atomic E-state index is 4.60. The van der Waals surface area contributed by atoms with Crippen molar-refractivity contribution < 1.29 is 0 Å². The summed E-state index contributed by atoms with van der Waals surface area (Å²) >= 11 is 3.65. The van der Waals surface area contributed by atoms with Gasteiger partial charge in [-0.3, -0.25) is 0 Å². The molecule has 3 nitrogen and oxygen atoms in total. The molecule has 98 valence electrons. The summed E-state index contributed by atoms with van der Waals surface area (Å²) in [5.41, 5.74) is 1.21. The lowest BCUT2D eigenvalue weighted by molar-refractivity contribution is 0.244. The molecule has 2 saturated heterocycles. The third kappa shape index (κ3) is 2.41. The number of hydrogen-bond donors (Lipinski definition) is 1. The van der Waals surface area contributed by atoms with Crippen molar-refractivity contribution in [1.82, 2.24) is 10.3 Å². The lowest BCUT2D eigenvalue weighted by atomic mass is 9.85. The molecule has 1 aromatic heterocycles. The molecular formula is C14H20BrN3. The van der Waals surface area contributed by atoms with E-state index in [-0.39, 0.29) is 0 Å². The van der Waals surface area contributed by atoms with Gasteiger partial charge in [0.05, 0.1) is 4.47 Å². The predicted octanol–water partition coefficient (Wildman–Crippen LogP) is 2.73. The number of halogens is 1. The molecule has 3 rings (SSSR count). The Morgan fingerprint density at radius 1 is 1.44 bits per heavy atom. The molecule has 1 aromatic rings. The molecular weight excluding hydrogens is 290 g/mol. The molecule has 2 fully saturated rings. The Kier molecular flexibility index (Phi) is 3.57. The van der Waals surface area contributed by atoms with Crippen LogP contribution in [0, 0.1) is 12.8 Å². The fourth-order valence-electron chi connectivity index (χ4n) is 3.20. The smallest absolute Gasteiger partial charge is 0.142 e. The minimum absolute atomic E-state index is 0.735. The maximum absolute atomic E-state index is 4.60. The first-order valence-electron chi connectivity index (χ1n) is 6.84. The fraction of sp³-hybridized carbons (Fsp3) is 0.643. The third-order valence-corrected chi connectivity index (χ3v) is 4.73. The van der Waals surface area contributed by atoms with Gasteiger partial charge in [0, 0.05) is 25.3 Å². The highest BCUT2D eigenvalue weighted by atomic mass is 79.9. The van der Waals surface area contributed by atoms with Crippen molar-refractivity contribution in [2.24, 2.45) is 5.92 Å². The first-order valence-corrected chi connectivity index (χ1v) is 7.64. The zero-order chi connectivity index (χ0) is 12.5. The van der Waals surface area contributed by atoms with Crippen molar-refractivity contribution in [2.75, 3.05) is 24.5 Å². The number of nitrogens with zero attached hydrogens (tertiary/aromatic N) is 2. The largest absolute Gasteiger partial charge is 0.355 e. The van der Waals surface area contributed by atoms with E-state index in [1.54, 1.807) is 0 Å². The van der Waals surface area contributed by atoms with Crippen molar-refractivity contribution in [2.45, 2.75) is 32.2 Å². The van der Waals surface area contributed by atoms with Crippen LogP contribution in [0.4, 0.5) is 5.82 Å². The predicted molar refractivity (Wildman–Crippen MR) is 78.0 cm³/mol. The number of aromatic nitrogens is 1. The minimum Gasteiger partial charge on any atom is -0.355 e. The van der Waals surface area contributed by atoms with Gasteiger partial charge in [0.25, 0.3) is 0 Å². The highest BCUT2D eigenvalue weighted by molar-refractivity contribution is 9.10. The summed E-state index contributed by atoms with van der Waals surface area (Å²) < 4.78 is 1.13. The normalized spacial score (nSPS) is 28.0. The van der Waals surface area contributed by atoms with Crippen LogP contribution < -0.4 is 10.2 Å². The molecule has 3 heterocycles. The van der Waals surface area contributed by atoms with Crippen LogP contribution in [0.3, 0.4) is 0 Å². The number of hydrogen-bond acceptors (Lipinski definition) is 3. The van der Waals surface area contributed by atoms with Gasteiger partial charge >= 0.3 is 0 Å². The van der Waals surface area contributed by atoms with Gasteiger partial charge in [-0.15, -0.1) is 0 Å². The molecule has 0 bridgehead atoms. The molecule has 2 atom stereocenters. The second-order valence-corrected chi connectivity index (χ2v) is 6.37. The zero-order valence-corrected chi connectivity index (χ0v) is 12.4. The third-order valence-electron chi connectivity index (χ3n) is 4.15. The van der Waals surface area contributed by atoms with E-state index in [2.05, 4.69) is 44.1 Å². The second kappa shape index (κ2) is 5.17. The molecule has 18 heavy (non-hydrogen) atoms. The molecule has 0 amide bonds. The number of aryl methyl sites for hydroxylation is 1. The summed E-state index contributed by atoms with van der Waals surface area (Å²) in [4.78, 5) is 7.04. The van der Waals surface area contributed by atoms with Gasteiger partial charge < -0.3 is 10.2 Å². The summed E-state index contributed by atoms with van der Waals surface area (Å²) in [5, 5.41) is 3.66. The van der Waals surface area contributed by atoms with Crippen LogP contribution in [0.2, 0.25) is 0 Å². The van der Waals surface area contributed by atoms with Gasteiger partial charge in [0.2, 0.25) is 0 Å².